The van der Waals surface area contributed by atoms with E-state index in [1.165, 1.54) is 77.0 Å². The van der Waals surface area contributed by atoms with Crippen LogP contribution in [0, 0.1) is 0 Å². The predicted molar refractivity (Wildman–Crippen MR) is 223 cm³/mol. The van der Waals surface area contributed by atoms with Crippen LogP contribution in [0.3, 0.4) is 0 Å². The lowest BCUT2D eigenvalue weighted by atomic mass is 10.1. The van der Waals surface area contributed by atoms with Crippen molar-refractivity contribution in [1.29, 1.82) is 0 Å². The van der Waals surface area contributed by atoms with E-state index in [0.717, 1.165) is 70.6 Å². The molecule has 0 saturated carbocycles. The van der Waals surface area contributed by atoms with E-state index in [2.05, 4.69) is 111 Å². The van der Waals surface area contributed by atoms with Crippen LogP contribution in [-0.4, -0.2) is 37.0 Å². The zero-order valence-electron chi connectivity index (χ0n) is 33.1. The SMILES string of the molecule is CC/C=C\C/C=C\C/C=C\C/C=C\C/C=C\CCCC(=O)OC(CO)COCCCCCCCCC/C=C\C/C=C\C/C=C\CCCCCCC. The second-order valence-corrected chi connectivity index (χ2v) is 13.3. The van der Waals surface area contributed by atoms with Crippen molar-refractivity contribution in [2.75, 3.05) is 19.8 Å². The third-order valence-corrected chi connectivity index (χ3v) is 8.39. The van der Waals surface area contributed by atoms with Crippen LogP contribution in [0.1, 0.15) is 168 Å². The summed E-state index contributed by atoms with van der Waals surface area (Å²) in [6, 6.07) is 0. The van der Waals surface area contributed by atoms with Gasteiger partial charge in [0.15, 0.2) is 0 Å². The fourth-order valence-corrected chi connectivity index (χ4v) is 5.31. The van der Waals surface area contributed by atoms with Gasteiger partial charge in [0.2, 0.25) is 0 Å². The van der Waals surface area contributed by atoms with Crippen molar-refractivity contribution in [3.8, 4) is 0 Å². The Labute approximate surface area is 315 Å². The van der Waals surface area contributed by atoms with E-state index in [0.29, 0.717) is 13.0 Å². The van der Waals surface area contributed by atoms with Gasteiger partial charge >= 0.3 is 5.97 Å². The largest absolute Gasteiger partial charge is 0.457 e. The molecule has 0 rings (SSSR count). The first-order chi connectivity index (χ1) is 25.2. The maximum absolute atomic E-state index is 12.2. The molecule has 0 spiro atoms. The van der Waals surface area contributed by atoms with Gasteiger partial charge in [-0.05, 0) is 89.9 Å². The topological polar surface area (TPSA) is 55.8 Å². The highest BCUT2D eigenvalue weighted by atomic mass is 16.6. The number of esters is 1. The van der Waals surface area contributed by atoms with Gasteiger partial charge in [0.05, 0.1) is 13.2 Å². The third-order valence-electron chi connectivity index (χ3n) is 8.39. The van der Waals surface area contributed by atoms with Gasteiger partial charge in [-0.1, -0.05) is 169 Å². The number of carbonyl (C=O) groups excluding carboxylic acids is 1. The smallest absolute Gasteiger partial charge is 0.306 e. The Balaban J connectivity index is 3.58. The van der Waals surface area contributed by atoms with Gasteiger partial charge in [-0.3, -0.25) is 4.79 Å². The number of unbranched alkanes of at least 4 members (excludes halogenated alkanes) is 13. The van der Waals surface area contributed by atoms with Crippen LogP contribution in [0.25, 0.3) is 0 Å². The van der Waals surface area contributed by atoms with Crippen LogP contribution in [-0.2, 0) is 14.3 Å². The molecule has 0 bridgehead atoms. The highest BCUT2D eigenvalue weighted by Gasteiger charge is 2.13. The maximum atomic E-state index is 12.2. The zero-order valence-corrected chi connectivity index (χ0v) is 33.1. The number of aliphatic hydroxyl groups is 1. The van der Waals surface area contributed by atoms with E-state index >= 15 is 0 Å². The minimum atomic E-state index is -0.576. The Morgan fingerprint density at radius 3 is 1.33 bits per heavy atom. The van der Waals surface area contributed by atoms with Crippen molar-refractivity contribution in [1.82, 2.24) is 0 Å². The molecule has 0 aliphatic rings. The second-order valence-electron chi connectivity index (χ2n) is 13.3. The molecule has 0 amide bonds. The Bertz CT molecular complexity index is 965. The fraction of sp³-hybridized carbons (Fsp3) is 0.638. The Kier molecular flexibility index (Phi) is 41.2. The minimum absolute atomic E-state index is 0.205. The molecular weight excluding hydrogens is 629 g/mol. The van der Waals surface area contributed by atoms with Crippen molar-refractivity contribution < 1.29 is 19.4 Å². The first-order valence-electron chi connectivity index (χ1n) is 20.8. The van der Waals surface area contributed by atoms with Gasteiger partial charge in [0, 0.05) is 13.0 Å². The maximum Gasteiger partial charge on any atom is 0.306 e. The molecule has 1 unspecified atom stereocenters. The molecular formula is C47H78O4. The molecule has 0 aliphatic carbocycles. The summed E-state index contributed by atoms with van der Waals surface area (Å²) in [4.78, 5) is 12.2. The lowest BCUT2D eigenvalue weighted by Gasteiger charge is -2.15. The number of carbonyl (C=O) groups is 1. The number of allylic oxidation sites excluding steroid dienone is 16. The highest BCUT2D eigenvalue weighted by Crippen LogP contribution is 2.10. The average molecular weight is 707 g/mol. The average Bonchev–Trinajstić information content (AvgIpc) is 3.14. The van der Waals surface area contributed by atoms with Gasteiger partial charge in [-0.15, -0.1) is 0 Å². The first-order valence-corrected chi connectivity index (χ1v) is 20.8. The third kappa shape index (κ3) is 41.6. The summed E-state index contributed by atoms with van der Waals surface area (Å²) in [5.74, 6) is -0.265. The standard InChI is InChI=1S/C47H78O4/c1-3-5-7-9-11-13-15-17-19-21-22-23-24-25-27-29-31-33-35-37-39-41-43-50-45-46(44-48)51-47(49)42-40-38-36-34-32-30-28-26-20-18-16-14-12-10-8-6-4-2/h6,8,12,14-15,17-18,20-22,24-25,28,30,34,36,46,48H,3-5,7,9-11,13,16,19,23,26-27,29,31-33,35,37-45H2,1-2H3/b8-6-,14-12-,17-15-,20-18-,22-21-,25-24-,30-28-,36-34-. The number of aliphatic hydroxyl groups excluding tert-OH is 1. The Hall–Kier alpha value is -2.69. The van der Waals surface area contributed by atoms with Crippen molar-refractivity contribution in [2.24, 2.45) is 0 Å². The van der Waals surface area contributed by atoms with Gasteiger partial charge in [-0.25, -0.2) is 0 Å². The molecule has 0 aliphatic heterocycles. The van der Waals surface area contributed by atoms with Crippen LogP contribution in [0.5, 0.6) is 0 Å². The molecule has 0 saturated heterocycles. The fourth-order valence-electron chi connectivity index (χ4n) is 5.31. The lowest BCUT2D eigenvalue weighted by Crippen LogP contribution is -2.27. The van der Waals surface area contributed by atoms with Crippen molar-refractivity contribution in [3.63, 3.8) is 0 Å². The number of hydrogen-bond acceptors (Lipinski definition) is 4. The van der Waals surface area contributed by atoms with Crippen LogP contribution >= 0.6 is 0 Å². The van der Waals surface area contributed by atoms with Crippen molar-refractivity contribution >= 4 is 5.97 Å². The molecule has 1 N–H and O–H groups in total. The molecule has 0 aromatic rings. The molecule has 4 heteroatoms. The van der Waals surface area contributed by atoms with E-state index in [1.54, 1.807) is 0 Å². The quantitative estimate of drug-likeness (QED) is 0.0397. The second kappa shape index (κ2) is 43.5. The monoisotopic (exact) mass is 707 g/mol. The molecule has 4 nitrogen and oxygen atoms in total. The molecule has 290 valence electrons. The molecule has 0 aromatic heterocycles. The highest BCUT2D eigenvalue weighted by molar-refractivity contribution is 5.69. The minimum Gasteiger partial charge on any atom is -0.457 e. The number of rotatable bonds is 37. The van der Waals surface area contributed by atoms with Gasteiger partial charge in [0.25, 0.3) is 0 Å². The Morgan fingerprint density at radius 1 is 0.490 bits per heavy atom. The number of ether oxygens (including phenoxy) is 2. The van der Waals surface area contributed by atoms with E-state index in [1.807, 2.05) is 0 Å². The summed E-state index contributed by atoms with van der Waals surface area (Å²) in [6.07, 6.45) is 61.8. The summed E-state index contributed by atoms with van der Waals surface area (Å²) in [5, 5.41) is 9.58. The normalized spacial score (nSPS) is 13.4. The molecule has 1 atom stereocenters. The van der Waals surface area contributed by atoms with Crippen molar-refractivity contribution in [3.05, 3.63) is 97.2 Å². The van der Waals surface area contributed by atoms with Crippen LogP contribution in [0.15, 0.2) is 97.2 Å². The van der Waals surface area contributed by atoms with E-state index < -0.39 is 6.10 Å². The van der Waals surface area contributed by atoms with Crippen molar-refractivity contribution in [2.45, 2.75) is 174 Å². The van der Waals surface area contributed by atoms with E-state index in [-0.39, 0.29) is 19.2 Å². The predicted octanol–water partition coefficient (Wildman–Crippen LogP) is 13.8. The summed E-state index contributed by atoms with van der Waals surface area (Å²) in [6.45, 7) is 5.12. The molecule has 0 heterocycles. The Morgan fingerprint density at radius 2 is 0.882 bits per heavy atom. The molecule has 0 aromatic carbocycles. The van der Waals surface area contributed by atoms with Gasteiger partial charge in [0.1, 0.15) is 6.10 Å². The first kappa shape index (κ1) is 48.3. The van der Waals surface area contributed by atoms with Gasteiger partial charge in [-0.2, -0.15) is 0 Å². The van der Waals surface area contributed by atoms with E-state index in [4.69, 9.17) is 9.47 Å². The summed E-state index contributed by atoms with van der Waals surface area (Å²) in [5.41, 5.74) is 0. The summed E-state index contributed by atoms with van der Waals surface area (Å²) < 4.78 is 11.1. The molecule has 0 fully saturated rings. The van der Waals surface area contributed by atoms with Crippen LogP contribution in [0.2, 0.25) is 0 Å². The lowest BCUT2D eigenvalue weighted by molar-refractivity contribution is -0.154. The summed E-state index contributed by atoms with van der Waals surface area (Å²) >= 11 is 0. The number of hydrogen-bond donors (Lipinski definition) is 1. The molecule has 0 radical (unpaired) electrons. The summed E-state index contributed by atoms with van der Waals surface area (Å²) in [7, 11) is 0. The zero-order chi connectivity index (χ0) is 37.0. The van der Waals surface area contributed by atoms with Gasteiger partial charge < -0.3 is 14.6 Å². The molecule has 51 heavy (non-hydrogen) atoms. The van der Waals surface area contributed by atoms with Crippen LogP contribution in [0.4, 0.5) is 0 Å². The van der Waals surface area contributed by atoms with E-state index in [9.17, 15) is 9.90 Å². The van der Waals surface area contributed by atoms with Crippen LogP contribution < -0.4 is 0 Å².